The van der Waals surface area contributed by atoms with Crippen molar-refractivity contribution in [3.05, 3.63) is 85.1 Å². The Morgan fingerprint density at radius 2 is 1.11 bits per heavy atom. The molecule has 12 heteroatoms. The van der Waals surface area contributed by atoms with Crippen molar-refractivity contribution in [1.82, 2.24) is 5.32 Å². The van der Waals surface area contributed by atoms with E-state index in [-0.39, 0.29) is 6.42 Å². The first kappa shape index (κ1) is 40.7. The fourth-order valence-electron chi connectivity index (χ4n) is 3.06. The van der Waals surface area contributed by atoms with E-state index in [2.05, 4.69) is 86.8 Å². The minimum absolute atomic E-state index is 0.0952. The summed E-state index contributed by atoms with van der Waals surface area (Å²) < 4.78 is 25.6. The third-order valence-electron chi connectivity index (χ3n) is 5.29. The lowest BCUT2D eigenvalue weighted by Gasteiger charge is -2.18. The van der Waals surface area contributed by atoms with Crippen LogP contribution in [0.3, 0.4) is 0 Å². The lowest BCUT2D eigenvalue weighted by molar-refractivity contribution is -0.144. The minimum atomic E-state index is -4.74. The first-order valence-corrected chi connectivity index (χ1v) is 16.1. The molecule has 0 rings (SSSR count). The molecule has 0 spiro atoms. The van der Waals surface area contributed by atoms with Gasteiger partial charge in [-0.1, -0.05) is 92.0 Å². The molecule has 11 nitrogen and oxygen atoms in total. The number of nitrogens with one attached hydrogen (secondary N) is 1. The Bertz CT molecular complexity index is 1070. The molecule has 0 aliphatic carbocycles. The van der Waals surface area contributed by atoms with Gasteiger partial charge in [0, 0.05) is 13.3 Å². The first-order valence-electron chi connectivity index (χ1n) is 14.6. The molecular weight excluding hydrogens is 589 g/mol. The Hall–Kier alpha value is -3.34. The molecule has 246 valence electrons. The van der Waals surface area contributed by atoms with Crippen LogP contribution in [0.25, 0.3) is 0 Å². The third-order valence-corrected chi connectivity index (χ3v) is 6.24. The number of aliphatic hydroxyl groups excluding tert-OH is 1. The molecule has 3 unspecified atom stereocenters. The molecule has 0 aromatic rings. The van der Waals surface area contributed by atoms with Crippen LogP contribution in [-0.4, -0.2) is 64.9 Å². The van der Waals surface area contributed by atoms with Crippen LogP contribution in [-0.2, 0) is 32.7 Å². The van der Waals surface area contributed by atoms with E-state index in [9.17, 15) is 34.1 Å². The molecule has 1 amide bonds. The fourth-order valence-corrected chi connectivity index (χ4v) is 3.83. The number of ether oxygens (including phenoxy) is 1. The van der Waals surface area contributed by atoms with E-state index in [4.69, 9.17) is 0 Å². The number of hydrogen-bond donors (Lipinski definition) is 4. The van der Waals surface area contributed by atoms with Crippen LogP contribution >= 0.6 is 7.82 Å². The van der Waals surface area contributed by atoms with Gasteiger partial charge in [-0.25, -0.2) is 9.36 Å². The average Bonchev–Trinajstić information content (AvgIpc) is 2.97. The van der Waals surface area contributed by atoms with Crippen molar-refractivity contribution in [3.8, 4) is 0 Å². The van der Waals surface area contributed by atoms with Crippen LogP contribution in [0.5, 0.6) is 0 Å². The van der Waals surface area contributed by atoms with E-state index >= 15 is 0 Å². The highest BCUT2D eigenvalue weighted by molar-refractivity contribution is 7.47. The van der Waals surface area contributed by atoms with Gasteiger partial charge in [-0.2, -0.15) is 0 Å². The van der Waals surface area contributed by atoms with Gasteiger partial charge in [0.1, 0.15) is 12.7 Å². The van der Waals surface area contributed by atoms with Crippen LogP contribution in [0.4, 0.5) is 0 Å². The van der Waals surface area contributed by atoms with E-state index in [0.29, 0.717) is 6.42 Å². The van der Waals surface area contributed by atoms with E-state index < -0.39 is 57.6 Å². The van der Waals surface area contributed by atoms with Gasteiger partial charge >= 0.3 is 19.8 Å². The number of hydrogen-bond acceptors (Lipinski definition) is 8. The number of carboxylic acids is 1. The summed E-state index contributed by atoms with van der Waals surface area (Å²) in [7, 11) is -4.74. The molecule has 0 aliphatic heterocycles. The number of phosphoric acid groups is 1. The standard InChI is InChI=1S/C32H48NO10P/c1-3-4-5-6-7-8-9-10-11-12-13-14-15-16-17-18-19-20-21-22-23-24-31(36)33-30(32(37)38)27-43-44(39,40)42-26-29(35)25-41-28(2)34/h4-5,7-8,10-11,13-14,16-17,19-20,22-23,29-30,35H,3,6,9,12,15,18,21,24-27H2,1-2H3,(H,33,36)(H,37,38)(H,39,40)/b5-4-,8-7-,11-10-,14-13-,17-16-,20-19-,23-22-. The Morgan fingerprint density at radius 1 is 0.705 bits per heavy atom. The van der Waals surface area contributed by atoms with Crippen molar-refractivity contribution in [3.63, 3.8) is 0 Å². The molecule has 0 saturated heterocycles. The topological polar surface area (TPSA) is 169 Å². The fraction of sp³-hybridized carbons (Fsp3) is 0.469. The smallest absolute Gasteiger partial charge is 0.472 e. The number of carbonyl (C=O) groups is 3. The summed E-state index contributed by atoms with van der Waals surface area (Å²) in [5.41, 5.74) is 0. The van der Waals surface area contributed by atoms with Crippen LogP contribution in [0.2, 0.25) is 0 Å². The maximum atomic E-state index is 12.1. The zero-order chi connectivity index (χ0) is 32.9. The second kappa shape index (κ2) is 27.2. The summed E-state index contributed by atoms with van der Waals surface area (Å²) in [5.74, 6) is -2.75. The summed E-state index contributed by atoms with van der Waals surface area (Å²) in [6.07, 6.45) is 33.4. The number of phosphoric ester groups is 1. The van der Waals surface area contributed by atoms with Crippen LogP contribution in [0.15, 0.2) is 85.1 Å². The lowest BCUT2D eigenvalue weighted by atomic mass is 10.2. The highest BCUT2D eigenvalue weighted by atomic mass is 31.2. The Balaban J connectivity index is 4.13. The monoisotopic (exact) mass is 637 g/mol. The van der Waals surface area contributed by atoms with Gasteiger partial charge in [-0.3, -0.25) is 18.6 Å². The van der Waals surface area contributed by atoms with Crippen LogP contribution in [0, 0.1) is 0 Å². The number of allylic oxidation sites excluding steroid dienone is 13. The molecule has 0 bridgehead atoms. The molecule has 0 aromatic carbocycles. The Morgan fingerprint density at radius 3 is 1.52 bits per heavy atom. The number of aliphatic carboxylic acids is 1. The maximum absolute atomic E-state index is 12.1. The van der Waals surface area contributed by atoms with Gasteiger partial charge in [0.2, 0.25) is 5.91 Å². The number of amides is 1. The maximum Gasteiger partial charge on any atom is 0.472 e. The van der Waals surface area contributed by atoms with Gasteiger partial charge in [0.25, 0.3) is 0 Å². The highest BCUT2D eigenvalue weighted by Crippen LogP contribution is 2.43. The molecule has 4 N–H and O–H groups in total. The number of rotatable bonds is 25. The third kappa shape index (κ3) is 27.5. The second-order valence-electron chi connectivity index (χ2n) is 9.30. The molecule has 44 heavy (non-hydrogen) atoms. The Labute approximate surface area is 261 Å². The highest BCUT2D eigenvalue weighted by Gasteiger charge is 2.28. The number of aliphatic hydroxyl groups is 1. The van der Waals surface area contributed by atoms with E-state index in [1.807, 2.05) is 12.2 Å². The second-order valence-corrected chi connectivity index (χ2v) is 10.8. The largest absolute Gasteiger partial charge is 0.480 e. The predicted octanol–water partition coefficient (Wildman–Crippen LogP) is 5.65. The summed E-state index contributed by atoms with van der Waals surface area (Å²) in [6.45, 7) is 1.23. The summed E-state index contributed by atoms with van der Waals surface area (Å²) in [5, 5.41) is 21.0. The Kier molecular flexibility index (Phi) is 25.2. The van der Waals surface area contributed by atoms with E-state index in [1.54, 1.807) is 12.2 Å². The zero-order valence-electron chi connectivity index (χ0n) is 25.7. The molecule has 3 atom stereocenters. The number of esters is 1. The van der Waals surface area contributed by atoms with Gasteiger partial charge < -0.3 is 25.2 Å². The quantitative estimate of drug-likeness (QED) is 0.0558. The normalized spacial score (nSPS) is 15.4. The van der Waals surface area contributed by atoms with Crippen molar-refractivity contribution < 1.29 is 47.8 Å². The molecule has 0 aliphatic rings. The van der Waals surface area contributed by atoms with E-state index in [0.717, 1.165) is 45.4 Å². The molecular formula is C32H48NO10P. The van der Waals surface area contributed by atoms with Crippen LogP contribution < -0.4 is 5.32 Å². The molecule has 0 saturated carbocycles. The van der Waals surface area contributed by atoms with Gasteiger partial charge in [0.05, 0.1) is 13.2 Å². The SMILES string of the molecule is CC/C=C\C/C=C\C/C=C\C/C=C\C/C=C\C/C=C\C/C=C\CC(=O)NC(COP(=O)(O)OCC(O)COC(C)=O)C(=O)O. The van der Waals surface area contributed by atoms with Crippen molar-refractivity contribution in [2.75, 3.05) is 19.8 Å². The summed E-state index contributed by atoms with van der Waals surface area (Å²) in [4.78, 5) is 43.8. The molecule has 0 fully saturated rings. The van der Waals surface area contributed by atoms with Crippen molar-refractivity contribution >= 4 is 25.7 Å². The van der Waals surface area contributed by atoms with Gasteiger partial charge in [-0.15, -0.1) is 0 Å². The minimum Gasteiger partial charge on any atom is -0.480 e. The molecule has 0 heterocycles. The summed E-state index contributed by atoms with van der Waals surface area (Å²) >= 11 is 0. The van der Waals surface area contributed by atoms with Crippen molar-refractivity contribution in [2.45, 2.75) is 77.4 Å². The summed E-state index contributed by atoms with van der Waals surface area (Å²) in [6, 6.07) is -1.60. The average molecular weight is 638 g/mol. The van der Waals surface area contributed by atoms with Crippen LogP contribution in [0.1, 0.15) is 65.2 Å². The predicted molar refractivity (Wildman–Crippen MR) is 171 cm³/mol. The number of carboxylic acid groups (broad SMARTS) is 1. The zero-order valence-corrected chi connectivity index (χ0v) is 26.6. The van der Waals surface area contributed by atoms with E-state index in [1.165, 1.54) is 0 Å². The van der Waals surface area contributed by atoms with Crippen molar-refractivity contribution in [2.24, 2.45) is 0 Å². The number of carbonyl (C=O) groups excluding carboxylic acids is 2. The van der Waals surface area contributed by atoms with Gasteiger partial charge in [-0.05, 0) is 44.9 Å². The lowest BCUT2D eigenvalue weighted by Crippen LogP contribution is -2.43. The first-order chi connectivity index (χ1) is 21.1. The molecule has 0 radical (unpaired) electrons. The molecule has 0 aromatic heterocycles. The van der Waals surface area contributed by atoms with Gasteiger partial charge in [0.15, 0.2) is 6.04 Å². The van der Waals surface area contributed by atoms with Crippen molar-refractivity contribution in [1.29, 1.82) is 0 Å².